The molecule has 0 fully saturated rings. The number of Topliss-reactive ketones (excluding diaryl/α,β-unsaturated/α-hetero) is 1. The molecule has 11 heteroatoms. The van der Waals surface area contributed by atoms with Crippen molar-refractivity contribution in [3.63, 3.8) is 0 Å². The lowest BCUT2D eigenvalue weighted by Gasteiger charge is -2.29. The van der Waals surface area contributed by atoms with E-state index in [4.69, 9.17) is 0 Å². The Morgan fingerprint density at radius 2 is 1.33 bits per heavy atom. The number of carbonyl (C=O) groups is 1. The summed E-state index contributed by atoms with van der Waals surface area (Å²) in [6.07, 6.45) is -5.23. The molecule has 0 saturated heterocycles. The van der Waals surface area contributed by atoms with Gasteiger partial charge in [-0.05, 0) is 6.26 Å². The lowest BCUT2D eigenvalue weighted by atomic mass is 10.1. The number of methoxy groups -OCH3 is 1. The van der Waals surface area contributed by atoms with E-state index in [1.165, 1.54) is 0 Å². The van der Waals surface area contributed by atoms with Crippen molar-refractivity contribution in [2.24, 2.45) is 0 Å². The van der Waals surface area contributed by atoms with Gasteiger partial charge in [-0.1, -0.05) is 11.8 Å². The van der Waals surface area contributed by atoms with E-state index in [9.17, 15) is 39.9 Å². The summed E-state index contributed by atoms with van der Waals surface area (Å²) in [4.78, 5) is 10.5. The zero-order valence-corrected chi connectivity index (χ0v) is 9.56. The monoisotopic (exact) mass is 306 g/mol. The molecule has 0 aliphatic carbocycles. The van der Waals surface area contributed by atoms with Gasteiger partial charge in [0.05, 0.1) is 0 Å². The third-order valence-electron chi connectivity index (χ3n) is 1.81. The van der Waals surface area contributed by atoms with Crippen molar-refractivity contribution in [1.82, 2.24) is 0 Å². The Kier molecular flexibility index (Phi) is 4.68. The molecule has 0 aliphatic rings. The molecule has 0 aliphatic heterocycles. The van der Waals surface area contributed by atoms with Gasteiger partial charge >= 0.3 is 23.2 Å². The van der Waals surface area contributed by atoms with Gasteiger partial charge in [0.25, 0.3) is 5.78 Å². The minimum Gasteiger partial charge on any atom is -0.319 e. The summed E-state index contributed by atoms with van der Waals surface area (Å²) in [5.41, 5.74) is 0. The van der Waals surface area contributed by atoms with E-state index in [-0.39, 0.29) is 7.11 Å². The molecule has 0 aromatic rings. The highest BCUT2D eigenvalue weighted by molar-refractivity contribution is 7.99. The van der Waals surface area contributed by atoms with Crippen LogP contribution in [0.25, 0.3) is 0 Å². The Morgan fingerprint density at radius 1 is 0.944 bits per heavy atom. The number of hydrogen-bond acceptors (Lipinski definition) is 3. The number of carbonyl (C=O) groups excluding carboxylic acids is 1. The van der Waals surface area contributed by atoms with Crippen LogP contribution in [0.15, 0.2) is 0 Å². The van der Waals surface area contributed by atoms with Crippen molar-refractivity contribution < 1.29 is 44.7 Å². The lowest BCUT2D eigenvalue weighted by molar-refractivity contribution is -0.330. The minimum absolute atomic E-state index is 0.00600. The number of alkyl halides is 8. The summed E-state index contributed by atoms with van der Waals surface area (Å²) in [6.45, 7) is 0. The molecular formula is C7H6F8O2S. The number of thioether (sulfide) groups is 1. The standard InChI is InChI=1S/C7H6F8O2S/c1-17-6(12,13)4(8,9)3(16)5(10,11)7(14,15)18-2/h1-2H3. The molecule has 0 N–H and O–H groups in total. The average Bonchev–Trinajstić information content (AvgIpc) is 2.27. The number of ketones is 1. The zero-order chi connectivity index (χ0) is 15.0. The van der Waals surface area contributed by atoms with Crippen LogP contribution < -0.4 is 0 Å². The molecule has 0 radical (unpaired) electrons. The fourth-order valence-electron chi connectivity index (χ4n) is 0.718. The molecule has 108 valence electrons. The predicted molar refractivity (Wildman–Crippen MR) is 45.3 cm³/mol. The Hall–Kier alpha value is -0.580. The van der Waals surface area contributed by atoms with E-state index in [1.807, 2.05) is 0 Å². The fourth-order valence-corrected chi connectivity index (χ4v) is 1.07. The first-order valence-electron chi connectivity index (χ1n) is 3.94. The van der Waals surface area contributed by atoms with Crippen LogP contribution in [0.1, 0.15) is 0 Å². The van der Waals surface area contributed by atoms with Crippen LogP contribution in [-0.2, 0) is 9.53 Å². The molecule has 0 aromatic heterocycles. The molecule has 0 bridgehead atoms. The van der Waals surface area contributed by atoms with Crippen LogP contribution in [0, 0.1) is 0 Å². The van der Waals surface area contributed by atoms with Crippen molar-refractivity contribution in [3.05, 3.63) is 0 Å². The van der Waals surface area contributed by atoms with Gasteiger partial charge in [-0.3, -0.25) is 4.79 Å². The van der Waals surface area contributed by atoms with E-state index in [0.717, 1.165) is 0 Å². The summed E-state index contributed by atoms with van der Waals surface area (Å²) < 4.78 is 104. The van der Waals surface area contributed by atoms with Crippen LogP contribution in [-0.4, -0.2) is 42.4 Å². The SMILES string of the molecule is COC(F)(F)C(F)(F)C(=O)C(F)(F)C(F)(F)SC. The van der Waals surface area contributed by atoms with Crippen molar-refractivity contribution in [2.45, 2.75) is 23.2 Å². The number of hydrogen-bond donors (Lipinski definition) is 0. The zero-order valence-electron chi connectivity index (χ0n) is 8.75. The predicted octanol–water partition coefficient (Wildman–Crippen LogP) is 3.02. The van der Waals surface area contributed by atoms with E-state index in [2.05, 4.69) is 4.74 Å². The van der Waals surface area contributed by atoms with Crippen LogP contribution in [0.2, 0.25) is 0 Å². The van der Waals surface area contributed by atoms with Gasteiger partial charge in [0.1, 0.15) is 0 Å². The summed E-state index contributed by atoms with van der Waals surface area (Å²) >= 11 is -0.927. The van der Waals surface area contributed by atoms with E-state index in [0.29, 0.717) is 6.26 Å². The van der Waals surface area contributed by atoms with Gasteiger partial charge in [0.2, 0.25) is 0 Å². The van der Waals surface area contributed by atoms with Crippen molar-refractivity contribution >= 4 is 17.5 Å². The molecule has 0 heterocycles. The summed E-state index contributed by atoms with van der Waals surface area (Å²) in [6, 6.07) is 0. The molecule has 0 aromatic carbocycles. The van der Waals surface area contributed by atoms with E-state index >= 15 is 0 Å². The second-order valence-electron chi connectivity index (χ2n) is 2.92. The quantitative estimate of drug-likeness (QED) is 0.706. The first-order valence-corrected chi connectivity index (χ1v) is 5.17. The Balaban J connectivity index is 5.54. The van der Waals surface area contributed by atoms with Crippen LogP contribution in [0.4, 0.5) is 35.1 Å². The summed E-state index contributed by atoms with van der Waals surface area (Å²) in [5, 5.41) is -5.25. The highest BCUT2D eigenvalue weighted by Gasteiger charge is 2.75. The topological polar surface area (TPSA) is 26.3 Å². The largest absolute Gasteiger partial charge is 0.427 e. The Labute approximate surface area is 99.7 Å². The Morgan fingerprint density at radius 3 is 1.61 bits per heavy atom. The lowest BCUT2D eigenvalue weighted by Crippen LogP contribution is -2.59. The highest BCUT2D eigenvalue weighted by Crippen LogP contribution is 2.48. The van der Waals surface area contributed by atoms with Gasteiger partial charge in [0, 0.05) is 7.11 Å². The second-order valence-corrected chi connectivity index (χ2v) is 3.84. The molecule has 18 heavy (non-hydrogen) atoms. The summed E-state index contributed by atoms with van der Waals surface area (Å²) in [7, 11) is 0.00600. The van der Waals surface area contributed by atoms with Crippen LogP contribution >= 0.6 is 11.8 Å². The van der Waals surface area contributed by atoms with E-state index in [1.54, 1.807) is 0 Å². The normalized spacial score (nSPS) is 14.8. The molecule has 0 spiro atoms. The number of ether oxygens (including phenoxy) is 1. The number of rotatable bonds is 6. The molecule has 2 nitrogen and oxygen atoms in total. The minimum atomic E-state index is -6.09. The second kappa shape index (κ2) is 4.83. The van der Waals surface area contributed by atoms with Crippen molar-refractivity contribution in [2.75, 3.05) is 13.4 Å². The third-order valence-corrected chi connectivity index (χ3v) is 2.58. The highest BCUT2D eigenvalue weighted by atomic mass is 32.2. The maximum absolute atomic E-state index is 12.8. The number of halogens is 8. The first kappa shape index (κ1) is 17.4. The molecule has 0 amide bonds. The van der Waals surface area contributed by atoms with Gasteiger partial charge in [0.15, 0.2) is 0 Å². The van der Waals surface area contributed by atoms with Gasteiger partial charge in [-0.25, -0.2) is 0 Å². The smallest absolute Gasteiger partial charge is 0.319 e. The van der Waals surface area contributed by atoms with Gasteiger partial charge < -0.3 is 4.74 Å². The average molecular weight is 306 g/mol. The molecule has 0 rings (SSSR count). The molecule has 0 atom stereocenters. The van der Waals surface area contributed by atoms with Crippen LogP contribution in [0.3, 0.4) is 0 Å². The van der Waals surface area contributed by atoms with Crippen molar-refractivity contribution in [1.29, 1.82) is 0 Å². The van der Waals surface area contributed by atoms with Crippen LogP contribution in [0.5, 0.6) is 0 Å². The van der Waals surface area contributed by atoms with E-state index < -0.39 is 40.8 Å². The molecular weight excluding hydrogens is 300 g/mol. The van der Waals surface area contributed by atoms with Crippen molar-refractivity contribution in [3.8, 4) is 0 Å². The Bertz CT molecular complexity index is 299. The van der Waals surface area contributed by atoms with Gasteiger partial charge in [-0.15, -0.1) is 0 Å². The van der Waals surface area contributed by atoms with Gasteiger partial charge in [-0.2, -0.15) is 35.1 Å². The summed E-state index contributed by atoms with van der Waals surface area (Å²) in [5.74, 6) is -16.0. The maximum atomic E-state index is 12.8. The first-order chi connectivity index (χ1) is 7.78. The molecule has 0 unspecified atom stereocenters. The fraction of sp³-hybridized carbons (Fsp3) is 0.857. The maximum Gasteiger partial charge on any atom is 0.427 e. The molecule has 0 saturated carbocycles. The third kappa shape index (κ3) is 2.56.